The number of benzene rings is 2. The molecule has 0 radical (unpaired) electrons. The average molecular weight is 391 g/mol. The van der Waals surface area contributed by atoms with Crippen LogP contribution in [0.3, 0.4) is 0 Å². The van der Waals surface area contributed by atoms with Gasteiger partial charge in [0.2, 0.25) is 0 Å². The van der Waals surface area contributed by atoms with Crippen molar-refractivity contribution in [1.82, 2.24) is 9.47 Å². The highest BCUT2D eigenvalue weighted by molar-refractivity contribution is 5.90. The Morgan fingerprint density at radius 1 is 1.03 bits per heavy atom. The zero-order valence-corrected chi connectivity index (χ0v) is 17.0. The summed E-state index contributed by atoms with van der Waals surface area (Å²) in [5.41, 5.74) is 3.92. The van der Waals surface area contributed by atoms with Crippen LogP contribution < -0.4 is 5.32 Å². The highest BCUT2D eigenvalue weighted by atomic mass is 19.1. The minimum atomic E-state index is -0.371. The van der Waals surface area contributed by atoms with Crippen molar-refractivity contribution in [2.75, 3.05) is 11.9 Å². The maximum absolute atomic E-state index is 13.5. The predicted molar refractivity (Wildman–Crippen MR) is 114 cm³/mol. The Kier molecular flexibility index (Phi) is 4.91. The van der Waals surface area contributed by atoms with Crippen molar-refractivity contribution in [2.24, 2.45) is 0 Å². The van der Waals surface area contributed by atoms with E-state index in [1.165, 1.54) is 17.7 Å². The van der Waals surface area contributed by atoms with Crippen molar-refractivity contribution in [2.45, 2.75) is 38.8 Å². The molecular weight excluding hydrogens is 365 g/mol. The molecule has 2 aromatic carbocycles. The van der Waals surface area contributed by atoms with E-state index in [1.54, 1.807) is 12.1 Å². The number of aromatic nitrogens is 1. The minimum Gasteiger partial charge on any atom is -0.348 e. The van der Waals surface area contributed by atoms with Crippen molar-refractivity contribution in [3.05, 3.63) is 89.5 Å². The van der Waals surface area contributed by atoms with Gasteiger partial charge in [-0.05, 0) is 46.9 Å². The Morgan fingerprint density at radius 3 is 2.48 bits per heavy atom. The fraction of sp³-hybridized carbons (Fsp3) is 0.292. The van der Waals surface area contributed by atoms with E-state index in [0.29, 0.717) is 12.2 Å². The Morgan fingerprint density at radius 2 is 1.79 bits per heavy atom. The molecule has 4 nitrogen and oxygen atoms in total. The van der Waals surface area contributed by atoms with Gasteiger partial charge in [-0.25, -0.2) is 9.18 Å². The number of nitrogens with one attached hydrogen (secondary N) is 1. The van der Waals surface area contributed by atoms with Crippen LogP contribution in [0.2, 0.25) is 0 Å². The third kappa shape index (κ3) is 3.90. The van der Waals surface area contributed by atoms with Gasteiger partial charge in [-0.15, -0.1) is 0 Å². The number of hydrogen-bond acceptors (Lipinski definition) is 1. The molecule has 2 heterocycles. The van der Waals surface area contributed by atoms with Crippen LogP contribution in [0.5, 0.6) is 0 Å². The molecule has 0 fully saturated rings. The molecule has 1 N–H and O–H groups in total. The summed E-state index contributed by atoms with van der Waals surface area (Å²) in [6.45, 7) is 7.87. The Bertz CT molecular complexity index is 1020. The molecule has 1 unspecified atom stereocenters. The lowest BCUT2D eigenvalue weighted by molar-refractivity contribution is 0.182. The van der Waals surface area contributed by atoms with E-state index < -0.39 is 0 Å². The average Bonchev–Trinajstić information content (AvgIpc) is 3.15. The summed E-state index contributed by atoms with van der Waals surface area (Å²) in [5.74, 6) is -0.371. The molecule has 3 aromatic rings. The van der Waals surface area contributed by atoms with Gasteiger partial charge in [0.25, 0.3) is 0 Å². The number of rotatable bonds is 2. The molecule has 0 bridgehead atoms. The summed E-state index contributed by atoms with van der Waals surface area (Å²) in [7, 11) is 0. The van der Waals surface area contributed by atoms with Crippen molar-refractivity contribution in [3.63, 3.8) is 0 Å². The lowest BCUT2D eigenvalue weighted by atomic mass is 9.86. The SMILES string of the molecule is CC(C)(C)c1ccc(C2c3cccn3CCN2C(=O)Nc2cccc(F)c2)cc1. The van der Waals surface area contributed by atoms with Crippen molar-refractivity contribution >= 4 is 11.7 Å². The van der Waals surface area contributed by atoms with Crippen molar-refractivity contribution in [3.8, 4) is 0 Å². The van der Waals surface area contributed by atoms with Gasteiger partial charge in [-0.2, -0.15) is 0 Å². The maximum Gasteiger partial charge on any atom is 0.322 e. The first kappa shape index (κ1) is 19.2. The molecule has 29 heavy (non-hydrogen) atoms. The largest absolute Gasteiger partial charge is 0.348 e. The summed E-state index contributed by atoms with van der Waals surface area (Å²) in [4.78, 5) is 14.9. The minimum absolute atomic E-state index is 0.0692. The highest BCUT2D eigenvalue weighted by Gasteiger charge is 2.32. The molecule has 0 saturated heterocycles. The second-order valence-corrected chi connectivity index (χ2v) is 8.53. The number of urea groups is 1. The number of halogens is 1. The number of carbonyl (C=O) groups excluding carboxylic acids is 1. The molecule has 0 aliphatic carbocycles. The highest BCUT2D eigenvalue weighted by Crippen LogP contribution is 2.34. The third-order valence-corrected chi connectivity index (χ3v) is 5.47. The lowest BCUT2D eigenvalue weighted by Gasteiger charge is -2.37. The van der Waals surface area contributed by atoms with E-state index in [2.05, 4.69) is 61.0 Å². The first-order valence-electron chi connectivity index (χ1n) is 9.91. The van der Waals surface area contributed by atoms with Gasteiger partial charge in [0.1, 0.15) is 5.82 Å². The molecule has 1 aromatic heterocycles. The van der Waals surface area contributed by atoms with Gasteiger partial charge in [0.05, 0.1) is 6.04 Å². The first-order chi connectivity index (χ1) is 13.8. The van der Waals surface area contributed by atoms with E-state index in [0.717, 1.165) is 17.8 Å². The van der Waals surface area contributed by atoms with Gasteiger partial charge in [-0.3, -0.25) is 0 Å². The Labute approximate surface area is 171 Å². The zero-order valence-electron chi connectivity index (χ0n) is 17.0. The third-order valence-electron chi connectivity index (χ3n) is 5.47. The maximum atomic E-state index is 13.5. The molecule has 1 aliphatic rings. The topological polar surface area (TPSA) is 37.3 Å². The molecule has 0 spiro atoms. The number of amides is 2. The van der Waals surface area contributed by atoms with Gasteiger partial charge < -0.3 is 14.8 Å². The van der Waals surface area contributed by atoms with E-state index in [-0.39, 0.29) is 23.3 Å². The molecule has 0 saturated carbocycles. The zero-order chi connectivity index (χ0) is 20.6. The van der Waals surface area contributed by atoms with Gasteiger partial charge in [0.15, 0.2) is 0 Å². The standard InChI is InChI=1S/C24H26FN3O/c1-24(2,3)18-11-9-17(10-12-18)22-21-8-5-13-27(21)14-15-28(22)23(29)26-20-7-4-6-19(25)16-20/h4-13,16,22H,14-15H2,1-3H3,(H,26,29). The van der Waals surface area contributed by atoms with Crippen LogP contribution in [0.15, 0.2) is 66.9 Å². The quantitative estimate of drug-likeness (QED) is 0.610. The van der Waals surface area contributed by atoms with Crippen molar-refractivity contribution < 1.29 is 9.18 Å². The summed E-state index contributed by atoms with van der Waals surface area (Å²) >= 11 is 0. The van der Waals surface area contributed by atoms with Gasteiger partial charge in [0, 0.05) is 30.7 Å². The number of fused-ring (bicyclic) bond motifs is 1. The second kappa shape index (κ2) is 7.39. The van der Waals surface area contributed by atoms with E-state index in [4.69, 9.17) is 0 Å². The monoisotopic (exact) mass is 391 g/mol. The van der Waals surface area contributed by atoms with Crippen LogP contribution >= 0.6 is 0 Å². The Hall–Kier alpha value is -3.08. The summed E-state index contributed by atoms with van der Waals surface area (Å²) < 4.78 is 15.7. The van der Waals surface area contributed by atoms with Crippen LogP contribution in [0, 0.1) is 5.82 Å². The first-order valence-corrected chi connectivity index (χ1v) is 9.91. The summed E-state index contributed by atoms with van der Waals surface area (Å²) in [6, 6.07) is 18.1. The van der Waals surface area contributed by atoms with Gasteiger partial charge >= 0.3 is 6.03 Å². The van der Waals surface area contributed by atoms with Crippen LogP contribution in [-0.4, -0.2) is 22.0 Å². The molecule has 4 rings (SSSR count). The van der Waals surface area contributed by atoms with Crippen LogP contribution in [0.4, 0.5) is 14.9 Å². The lowest BCUT2D eigenvalue weighted by Crippen LogP contribution is -2.44. The normalized spacial score (nSPS) is 16.4. The number of anilines is 1. The Balaban J connectivity index is 1.67. The predicted octanol–water partition coefficient (Wildman–Crippen LogP) is 5.56. The number of carbonyl (C=O) groups is 1. The fourth-order valence-corrected chi connectivity index (χ4v) is 3.88. The summed E-state index contributed by atoms with van der Waals surface area (Å²) in [6.07, 6.45) is 2.05. The van der Waals surface area contributed by atoms with Crippen LogP contribution in [0.25, 0.3) is 0 Å². The van der Waals surface area contributed by atoms with E-state index in [9.17, 15) is 9.18 Å². The molecule has 2 amide bonds. The number of nitrogens with zero attached hydrogens (tertiary/aromatic N) is 2. The summed E-state index contributed by atoms with van der Waals surface area (Å²) in [5, 5.41) is 2.85. The molecule has 1 aliphatic heterocycles. The van der Waals surface area contributed by atoms with Crippen LogP contribution in [-0.2, 0) is 12.0 Å². The number of hydrogen-bond donors (Lipinski definition) is 1. The molecule has 150 valence electrons. The van der Waals surface area contributed by atoms with Crippen LogP contribution in [0.1, 0.15) is 43.6 Å². The van der Waals surface area contributed by atoms with Gasteiger partial charge in [-0.1, -0.05) is 51.1 Å². The van der Waals surface area contributed by atoms with E-state index >= 15 is 0 Å². The molecular formula is C24H26FN3O. The smallest absolute Gasteiger partial charge is 0.322 e. The molecule has 1 atom stereocenters. The fourth-order valence-electron chi connectivity index (χ4n) is 3.88. The molecule has 5 heteroatoms. The second-order valence-electron chi connectivity index (χ2n) is 8.53. The van der Waals surface area contributed by atoms with E-state index in [1.807, 2.05) is 17.2 Å². The van der Waals surface area contributed by atoms with Crippen molar-refractivity contribution in [1.29, 1.82) is 0 Å².